The number of carbonyl (C=O) groups is 2. The van der Waals surface area contributed by atoms with Crippen molar-refractivity contribution in [3.8, 4) is 5.75 Å². The maximum atomic E-state index is 12.8. The molecule has 0 heterocycles. The van der Waals surface area contributed by atoms with Crippen LogP contribution >= 0.6 is 0 Å². The largest absolute Gasteiger partial charge is 0.507 e. The van der Waals surface area contributed by atoms with Gasteiger partial charge in [-0.1, -0.05) is 66.3 Å². The highest BCUT2D eigenvalue weighted by Gasteiger charge is 2.33. The molecule has 0 unspecified atom stereocenters. The Hall–Kier alpha value is -2.68. The Morgan fingerprint density at radius 1 is 1.00 bits per heavy atom. The third-order valence-electron chi connectivity index (χ3n) is 4.86. The first kappa shape index (κ1) is 22.6. The van der Waals surface area contributed by atoms with Gasteiger partial charge in [0.15, 0.2) is 11.6 Å². The van der Waals surface area contributed by atoms with Crippen LogP contribution < -0.4 is 0 Å². The van der Waals surface area contributed by atoms with Gasteiger partial charge in [0, 0.05) is 16.7 Å². The molecule has 0 atom stereocenters. The van der Waals surface area contributed by atoms with Gasteiger partial charge in [0.05, 0.1) is 5.57 Å². The minimum absolute atomic E-state index is 0.0198. The summed E-state index contributed by atoms with van der Waals surface area (Å²) in [5.74, 6) is -0.301. The highest BCUT2D eigenvalue weighted by molar-refractivity contribution is 6.41. The van der Waals surface area contributed by atoms with E-state index in [1.165, 1.54) is 6.08 Å². The zero-order valence-corrected chi connectivity index (χ0v) is 18.6. The number of phenolic OH excluding ortho intramolecular Hbond substituents is 1. The molecular weight excluding hydrogens is 360 g/mol. The third kappa shape index (κ3) is 4.84. The quantitative estimate of drug-likeness (QED) is 0.515. The molecule has 29 heavy (non-hydrogen) atoms. The fraction of sp³-hybridized carbons (Fsp3) is 0.385. The molecule has 3 nitrogen and oxygen atoms in total. The Bertz CT molecular complexity index is 955. The number of phenols is 1. The van der Waals surface area contributed by atoms with Gasteiger partial charge >= 0.3 is 0 Å². The molecule has 0 fully saturated rings. The summed E-state index contributed by atoms with van der Waals surface area (Å²) < 4.78 is 0. The van der Waals surface area contributed by atoms with Crippen molar-refractivity contribution in [2.24, 2.45) is 5.41 Å². The first-order chi connectivity index (χ1) is 13.3. The molecule has 1 aromatic rings. The SMILES string of the molecule is C=CC1=C(/C=C\C)C(=O)/C(=C\c2cc(CC(C)(C)C)c(O)c(C(C)(C)C)c2)C1=O. The second-order valence-electron chi connectivity index (χ2n) is 9.81. The summed E-state index contributed by atoms with van der Waals surface area (Å²) in [5, 5.41) is 10.9. The Morgan fingerprint density at radius 3 is 2.07 bits per heavy atom. The number of allylic oxidation sites excluding steroid dienone is 6. The van der Waals surface area contributed by atoms with Crippen molar-refractivity contribution in [3.63, 3.8) is 0 Å². The molecular formula is C26H32O3. The second kappa shape index (κ2) is 7.98. The van der Waals surface area contributed by atoms with E-state index in [0.717, 1.165) is 16.7 Å². The summed E-state index contributed by atoms with van der Waals surface area (Å²) in [4.78, 5) is 25.6. The van der Waals surface area contributed by atoms with E-state index in [4.69, 9.17) is 0 Å². The second-order valence-corrected chi connectivity index (χ2v) is 9.81. The van der Waals surface area contributed by atoms with Gasteiger partial charge in [-0.3, -0.25) is 9.59 Å². The standard InChI is InChI=1S/C26H32O3/c1-9-11-19-18(10-2)23(28)20(24(19)29)13-16-12-17(15-25(3,4)5)22(27)21(14-16)26(6,7)8/h9-14,27H,2,15H2,1,3-8H3/b11-9-,20-13-. The minimum atomic E-state index is -0.305. The first-order valence-electron chi connectivity index (χ1n) is 9.97. The molecule has 3 heteroatoms. The van der Waals surface area contributed by atoms with E-state index in [9.17, 15) is 14.7 Å². The fourth-order valence-corrected chi connectivity index (χ4v) is 3.55. The molecule has 1 N–H and O–H groups in total. The molecule has 0 amide bonds. The topological polar surface area (TPSA) is 54.4 Å². The summed E-state index contributed by atoms with van der Waals surface area (Å²) in [6.07, 6.45) is 7.17. The van der Waals surface area contributed by atoms with E-state index in [1.807, 2.05) is 39.8 Å². The predicted molar refractivity (Wildman–Crippen MR) is 120 cm³/mol. The van der Waals surface area contributed by atoms with Crippen molar-refractivity contribution in [1.82, 2.24) is 0 Å². The number of hydrogen-bond donors (Lipinski definition) is 1. The highest BCUT2D eigenvalue weighted by Crippen LogP contribution is 2.38. The van der Waals surface area contributed by atoms with E-state index in [1.54, 1.807) is 18.2 Å². The maximum Gasteiger partial charge on any atom is 0.197 e. The molecule has 0 radical (unpaired) electrons. The van der Waals surface area contributed by atoms with Crippen LogP contribution in [0.25, 0.3) is 6.08 Å². The summed E-state index contributed by atoms with van der Waals surface area (Å²) in [6.45, 7) is 17.9. The summed E-state index contributed by atoms with van der Waals surface area (Å²) in [5.41, 5.74) is 2.92. The average molecular weight is 393 g/mol. The van der Waals surface area contributed by atoms with Crippen molar-refractivity contribution in [2.75, 3.05) is 0 Å². The number of benzene rings is 1. The smallest absolute Gasteiger partial charge is 0.197 e. The summed E-state index contributed by atoms with van der Waals surface area (Å²) in [7, 11) is 0. The van der Waals surface area contributed by atoms with Crippen LogP contribution in [0.15, 0.2) is 53.7 Å². The van der Waals surface area contributed by atoms with Crippen LogP contribution in [0.2, 0.25) is 0 Å². The van der Waals surface area contributed by atoms with Gasteiger partial charge in [0.2, 0.25) is 0 Å². The molecule has 0 aromatic heterocycles. The van der Waals surface area contributed by atoms with Gasteiger partial charge in [0.1, 0.15) is 5.75 Å². The lowest BCUT2D eigenvalue weighted by atomic mass is 9.80. The molecule has 154 valence electrons. The molecule has 1 aromatic carbocycles. The van der Waals surface area contributed by atoms with Gasteiger partial charge in [-0.2, -0.15) is 0 Å². The van der Waals surface area contributed by atoms with Crippen LogP contribution in [0.3, 0.4) is 0 Å². The van der Waals surface area contributed by atoms with Crippen LogP contribution in [-0.4, -0.2) is 16.7 Å². The fourth-order valence-electron chi connectivity index (χ4n) is 3.55. The average Bonchev–Trinajstić information content (AvgIpc) is 2.79. The molecule has 0 spiro atoms. The monoisotopic (exact) mass is 392 g/mol. The lowest BCUT2D eigenvalue weighted by Crippen LogP contribution is -2.15. The number of rotatable bonds is 4. The molecule has 2 rings (SSSR count). The lowest BCUT2D eigenvalue weighted by molar-refractivity contribution is -0.115. The van der Waals surface area contributed by atoms with Crippen molar-refractivity contribution in [2.45, 2.75) is 60.3 Å². The number of ketones is 2. The van der Waals surface area contributed by atoms with Crippen molar-refractivity contribution in [1.29, 1.82) is 0 Å². The number of aromatic hydroxyl groups is 1. The van der Waals surface area contributed by atoms with E-state index in [0.29, 0.717) is 17.6 Å². The molecule has 0 saturated heterocycles. The van der Waals surface area contributed by atoms with Crippen LogP contribution in [-0.2, 0) is 21.4 Å². The Balaban J connectivity index is 2.67. The zero-order valence-electron chi connectivity index (χ0n) is 18.6. The Labute approximate surface area is 174 Å². The van der Waals surface area contributed by atoms with E-state index >= 15 is 0 Å². The predicted octanol–water partition coefficient (Wildman–Crippen LogP) is 5.87. The summed E-state index contributed by atoms with van der Waals surface area (Å²) >= 11 is 0. The zero-order chi connectivity index (χ0) is 22.1. The maximum absolute atomic E-state index is 12.8. The van der Waals surface area contributed by atoms with Crippen molar-refractivity contribution in [3.05, 3.63) is 70.3 Å². The Morgan fingerprint density at radius 2 is 1.59 bits per heavy atom. The molecule has 0 bridgehead atoms. The van der Waals surface area contributed by atoms with Gasteiger partial charge < -0.3 is 5.11 Å². The van der Waals surface area contributed by atoms with E-state index in [-0.39, 0.29) is 33.7 Å². The van der Waals surface area contributed by atoms with Gasteiger partial charge in [-0.05, 0) is 53.5 Å². The Kier molecular flexibility index (Phi) is 6.22. The summed E-state index contributed by atoms with van der Waals surface area (Å²) in [6, 6.07) is 3.75. The number of hydrogen-bond acceptors (Lipinski definition) is 3. The van der Waals surface area contributed by atoms with Gasteiger partial charge in [-0.25, -0.2) is 0 Å². The molecule has 1 aliphatic rings. The van der Waals surface area contributed by atoms with Crippen LogP contribution in [0.1, 0.15) is 65.2 Å². The normalized spacial score (nSPS) is 17.1. The molecule has 0 saturated carbocycles. The van der Waals surface area contributed by atoms with Gasteiger partial charge in [-0.15, -0.1) is 0 Å². The van der Waals surface area contributed by atoms with Crippen molar-refractivity contribution >= 4 is 17.6 Å². The van der Waals surface area contributed by atoms with Crippen molar-refractivity contribution < 1.29 is 14.7 Å². The minimum Gasteiger partial charge on any atom is -0.507 e. The first-order valence-corrected chi connectivity index (χ1v) is 9.97. The van der Waals surface area contributed by atoms with Gasteiger partial charge in [0.25, 0.3) is 0 Å². The third-order valence-corrected chi connectivity index (χ3v) is 4.86. The number of carbonyl (C=O) groups excluding carboxylic acids is 2. The van der Waals surface area contributed by atoms with Crippen LogP contribution in [0, 0.1) is 5.41 Å². The van der Waals surface area contributed by atoms with E-state index in [2.05, 4.69) is 27.4 Å². The highest BCUT2D eigenvalue weighted by atomic mass is 16.3. The van der Waals surface area contributed by atoms with Crippen LogP contribution in [0.5, 0.6) is 5.75 Å². The molecule has 0 aliphatic heterocycles. The number of Topliss-reactive ketones (excluding diaryl/α,β-unsaturated/α-hetero) is 2. The molecule has 1 aliphatic carbocycles. The lowest BCUT2D eigenvalue weighted by Gasteiger charge is -2.25. The van der Waals surface area contributed by atoms with Crippen LogP contribution in [0.4, 0.5) is 0 Å². The van der Waals surface area contributed by atoms with E-state index < -0.39 is 0 Å².